The van der Waals surface area contributed by atoms with E-state index < -0.39 is 5.97 Å². The number of allylic oxidation sites excluding steroid dienone is 2. The van der Waals surface area contributed by atoms with Crippen LogP contribution >= 0.6 is 23.2 Å². The van der Waals surface area contributed by atoms with E-state index in [9.17, 15) is 4.79 Å². The Labute approximate surface area is 184 Å². The number of aliphatic imine (C=N–C) groups is 1. The molecule has 0 atom stereocenters. The molecule has 1 aliphatic rings. The topological polar surface area (TPSA) is 49.7 Å². The highest BCUT2D eigenvalue weighted by Crippen LogP contribution is 2.31. The number of hydrogen-bond donors (Lipinski definition) is 1. The van der Waals surface area contributed by atoms with E-state index in [0.717, 1.165) is 40.1 Å². The van der Waals surface area contributed by atoms with E-state index in [1.807, 2.05) is 60.7 Å². The summed E-state index contributed by atoms with van der Waals surface area (Å²) in [4.78, 5) is 15.6. The first-order valence-electron chi connectivity index (χ1n) is 9.34. The van der Waals surface area contributed by atoms with Crippen molar-refractivity contribution in [3.05, 3.63) is 106 Å². The lowest BCUT2D eigenvalue weighted by Crippen LogP contribution is -1.94. The van der Waals surface area contributed by atoms with Gasteiger partial charge in [0.1, 0.15) is 0 Å². The van der Waals surface area contributed by atoms with Crippen molar-refractivity contribution in [3.8, 4) is 11.1 Å². The molecule has 3 nitrogen and oxygen atoms in total. The van der Waals surface area contributed by atoms with Crippen LogP contribution in [0.2, 0.25) is 10.0 Å². The molecule has 0 saturated heterocycles. The lowest BCUT2D eigenvalue weighted by molar-refractivity contribution is 0.0697. The Morgan fingerprint density at radius 2 is 1.57 bits per heavy atom. The molecular weight excluding hydrogens is 417 g/mol. The third-order valence-electron chi connectivity index (χ3n) is 4.82. The van der Waals surface area contributed by atoms with Crippen molar-refractivity contribution in [2.75, 3.05) is 0 Å². The van der Waals surface area contributed by atoms with Gasteiger partial charge in [-0.15, -0.1) is 0 Å². The molecule has 148 valence electrons. The molecule has 0 aliphatic carbocycles. The number of hydrogen-bond acceptors (Lipinski definition) is 2. The lowest BCUT2D eigenvalue weighted by atomic mass is 10.0. The highest BCUT2D eigenvalue weighted by atomic mass is 35.5. The van der Waals surface area contributed by atoms with Crippen LogP contribution in [-0.2, 0) is 0 Å². The molecule has 0 amide bonds. The Bertz CT molecular complexity index is 1190. The Morgan fingerprint density at radius 3 is 2.20 bits per heavy atom. The predicted octanol–water partition coefficient (Wildman–Crippen LogP) is 7.26. The van der Waals surface area contributed by atoms with Gasteiger partial charge in [-0.1, -0.05) is 71.8 Å². The minimum Gasteiger partial charge on any atom is -0.478 e. The molecular formula is C25H17Cl2NO2. The van der Waals surface area contributed by atoms with E-state index in [1.165, 1.54) is 0 Å². The second kappa shape index (κ2) is 8.70. The molecule has 1 aliphatic heterocycles. The molecule has 0 fully saturated rings. The van der Waals surface area contributed by atoms with Gasteiger partial charge in [0.25, 0.3) is 0 Å². The molecule has 0 spiro atoms. The predicted molar refractivity (Wildman–Crippen MR) is 124 cm³/mol. The van der Waals surface area contributed by atoms with Gasteiger partial charge in [-0.3, -0.25) is 4.99 Å². The summed E-state index contributed by atoms with van der Waals surface area (Å²) in [6.07, 6.45) is 6.83. The quantitative estimate of drug-likeness (QED) is 0.460. The number of benzene rings is 3. The van der Waals surface area contributed by atoms with Crippen LogP contribution in [0.3, 0.4) is 0 Å². The summed E-state index contributed by atoms with van der Waals surface area (Å²) in [5.74, 6) is -0.923. The summed E-state index contributed by atoms with van der Waals surface area (Å²) in [5.41, 5.74) is 6.04. The minimum atomic E-state index is -0.923. The molecule has 0 bridgehead atoms. The Kier molecular flexibility index (Phi) is 5.84. The molecule has 0 saturated carbocycles. The SMILES string of the molecule is O=C(O)c1ccc(-c2ccc(/C=C/C3=NC(c4ccc(Cl)cc4Cl)=CC3)cc2)cc1. The summed E-state index contributed by atoms with van der Waals surface area (Å²) < 4.78 is 0. The van der Waals surface area contributed by atoms with E-state index in [2.05, 4.69) is 11.1 Å². The number of rotatable bonds is 5. The number of nitrogens with zero attached hydrogens (tertiary/aromatic N) is 1. The molecule has 30 heavy (non-hydrogen) atoms. The van der Waals surface area contributed by atoms with E-state index in [1.54, 1.807) is 18.2 Å². The second-order valence-electron chi connectivity index (χ2n) is 6.86. The van der Waals surface area contributed by atoms with Gasteiger partial charge >= 0.3 is 5.97 Å². The molecule has 4 rings (SSSR count). The first-order chi connectivity index (χ1) is 14.5. The minimum absolute atomic E-state index is 0.281. The largest absolute Gasteiger partial charge is 0.478 e. The van der Waals surface area contributed by atoms with E-state index in [-0.39, 0.29) is 5.56 Å². The van der Waals surface area contributed by atoms with Crippen LogP contribution in [0.25, 0.3) is 22.9 Å². The fourth-order valence-electron chi connectivity index (χ4n) is 3.20. The average molecular weight is 434 g/mol. The molecule has 3 aromatic carbocycles. The van der Waals surface area contributed by atoms with Gasteiger partial charge in [-0.05, 0) is 53.1 Å². The standard InChI is InChI=1S/C25H17Cl2NO2/c26-20-10-13-22(23(27)15-20)24-14-12-21(28-24)11-3-16-1-4-17(5-2-16)18-6-8-19(9-7-18)25(29)30/h1-11,13-15H,12H2,(H,29,30)/b11-3+. The van der Waals surface area contributed by atoms with Gasteiger partial charge in [-0.25, -0.2) is 4.79 Å². The van der Waals surface area contributed by atoms with Crippen LogP contribution in [-0.4, -0.2) is 16.8 Å². The summed E-state index contributed by atoms with van der Waals surface area (Å²) in [5, 5.41) is 10.2. The van der Waals surface area contributed by atoms with Crippen LogP contribution in [0, 0.1) is 0 Å². The van der Waals surface area contributed by atoms with Gasteiger partial charge in [0.15, 0.2) is 0 Å². The van der Waals surface area contributed by atoms with Crippen molar-refractivity contribution in [2.45, 2.75) is 6.42 Å². The van der Waals surface area contributed by atoms with Crippen molar-refractivity contribution in [2.24, 2.45) is 4.99 Å². The van der Waals surface area contributed by atoms with Crippen molar-refractivity contribution in [1.29, 1.82) is 0 Å². The van der Waals surface area contributed by atoms with E-state index in [4.69, 9.17) is 28.3 Å². The van der Waals surface area contributed by atoms with Gasteiger partial charge in [-0.2, -0.15) is 0 Å². The number of carbonyl (C=O) groups is 1. The van der Waals surface area contributed by atoms with Crippen molar-refractivity contribution in [3.63, 3.8) is 0 Å². The highest BCUT2D eigenvalue weighted by Gasteiger charge is 2.12. The van der Waals surface area contributed by atoms with Crippen LogP contribution < -0.4 is 0 Å². The van der Waals surface area contributed by atoms with Crippen molar-refractivity contribution < 1.29 is 9.90 Å². The maximum atomic E-state index is 11.0. The first-order valence-corrected chi connectivity index (χ1v) is 10.1. The maximum Gasteiger partial charge on any atom is 0.335 e. The smallest absolute Gasteiger partial charge is 0.335 e. The number of carboxylic acids is 1. The van der Waals surface area contributed by atoms with Crippen LogP contribution in [0.15, 0.2) is 83.9 Å². The summed E-state index contributed by atoms with van der Waals surface area (Å²) in [6, 6.07) is 20.4. The van der Waals surface area contributed by atoms with E-state index in [0.29, 0.717) is 10.0 Å². The zero-order chi connectivity index (χ0) is 21.1. The molecule has 5 heteroatoms. The van der Waals surface area contributed by atoms with Crippen LogP contribution in [0.4, 0.5) is 0 Å². The Balaban J connectivity index is 1.45. The van der Waals surface area contributed by atoms with Crippen LogP contribution in [0.5, 0.6) is 0 Å². The average Bonchev–Trinajstić information content (AvgIpc) is 3.21. The zero-order valence-electron chi connectivity index (χ0n) is 15.8. The number of aromatic carboxylic acids is 1. The fourth-order valence-corrected chi connectivity index (χ4v) is 3.71. The fraction of sp³-hybridized carbons (Fsp3) is 0.0400. The molecule has 0 aromatic heterocycles. The van der Waals surface area contributed by atoms with Gasteiger partial charge in [0, 0.05) is 22.7 Å². The van der Waals surface area contributed by atoms with Gasteiger partial charge in [0.2, 0.25) is 0 Å². The number of halogens is 2. The molecule has 0 unspecified atom stereocenters. The zero-order valence-corrected chi connectivity index (χ0v) is 17.4. The van der Waals surface area contributed by atoms with Gasteiger partial charge < -0.3 is 5.11 Å². The summed E-state index contributed by atoms with van der Waals surface area (Å²) in [7, 11) is 0. The normalized spacial score (nSPS) is 13.4. The first kappa shape index (κ1) is 20.1. The third kappa shape index (κ3) is 4.54. The Hall–Kier alpha value is -3.14. The monoisotopic (exact) mass is 433 g/mol. The molecule has 1 heterocycles. The van der Waals surface area contributed by atoms with E-state index >= 15 is 0 Å². The van der Waals surface area contributed by atoms with Crippen molar-refractivity contribution >= 4 is 46.7 Å². The molecule has 0 radical (unpaired) electrons. The van der Waals surface area contributed by atoms with Crippen LogP contribution in [0.1, 0.15) is 27.9 Å². The second-order valence-corrected chi connectivity index (χ2v) is 7.70. The summed E-state index contributed by atoms with van der Waals surface area (Å²) in [6.45, 7) is 0. The molecule has 3 aromatic rings. The van der Waals surface area contributed by atoms with Crippen molar-refractivity contribution in [1.82, 2.24) is 0 Å². The third-order valence-corrected chi connectivity index (χ3v) is 5.37. The number of carboxylic acid groups (broad SMARTS) is 1. The molecule has 1 N–H and O–H groups in total. The lowest BCUT2D eigenvalue weighted by Gasteiger charge is -2.03. The summed E-state index contributed by atoms with van der Waals surface area (Å²) >= 11 is 12.2. The highest BCUT2D eigenvalue weighted by molar-refractivity contribution is 6.35. The maximum absolute atomic E-state index is 11.0. The van der Waals surface area contributed by atoms with Gasteiger partial charge in [0.05, 0.1) is 16.3 Å². The Morgan fingerprint density at radius 1 is 0.900 bits per heavy atom.